The van der Waals surface area contributed by atoms with Crippen LogP contribution < -0.4 is 9.80 Å². The number of anilines is 2. The van der Waals surface area contributed by atoms with Crippen molar-refractivity contribution in [3.05, 3.63) is 93.5 Å². The summed E-state index contributed by atoms with van der Waals surface area (Å²) in [5.74, 6) is 0. The number of aryl methyl sites for hydroxylation is 6. The van der Waals surface area contributed by atoms with Gasteiger partial charge in [0.25, 0.3) is 0 Å². The smallest absolute Gasteiger partial charge is 0.107 e. The number of hydrogen-bond donors (Lipinski definition) is 0. The normalized spacial score (nSPS) is 18.8. The van der Waals surface area contributed by atoms with Gasteiger partial charge in [0.05, 0.1) is 0 Å². The van der Waals surface area contributed by atoms with Gasteiger partial charge in [0.1, 0.15) is 0 Å². The first-order valence-electron chi connectivity index (χ1n) is 20.1. The molecule has 0 bridgehead atoms. The minimum Gasteiger partial charge on any atom is -0.107 e. The Morgan fingerprint density at radius 1 is 0.519 bits per heavy atom. The Balaban J connectivity index is 0.000000248. The minimum atomic E-state index is -0.0911. The number of halogens is 2. The molecule has 288 valence electrons. The van der Waals surface area contributed by atoms with E-state index in [1.165, 1.54) is 90.9 Å². The van der Waals surface area contributed by atoms with Gasteiger partial charge < -0.3 is 0 Å². The van der Waals surface area contributed by atoms with Gasteiger partial charge in [-0.25, -0.2) is 0 Å². The maximum atomic E-state index is 2.60. The van der Waals surface area contributed by atoms with Gasteiger partial charge in [0.2, 0.25) is 0 Å². The molecule has 4 aliphatic rings. The molecule has 0 amide bonds. The molecule has 1 aliphatic heterocycles. The van der Waals surface area contributed by atoms with E-state index in [-0.39, 0.29) is 64.2 Å². The first-order chi connectivity index (χ1) is 24.3. The van der Waals surface area contributed by atoms with E-state index in [0.29, 0.717) is 7.92 Å². The molecule has 6 heteroatoms. The van der Waals surface area contributed by atoms with Gasteiger partial charge in [0, 0.05) is 0 Å². The van der Waals surface area contributed by atoms with Crippen LogP contribution in [0.4, 0.5) is 11.4 Å². The van der Waals surface area contributed by atoms with Crippen LogP contribution in [-0.2, 0) is 16.2 Å². The van der Waals surface area contributed by atoms with Crippen LogP contribution in [0.25, 0.3) is 0 Å². The fourth-order valence-corrected chi connectivity index (χ4v) is 16.7. The summed E-state index contributed by atoms with van der Waals surface area (Å²) in [6.07, 6.45) is 23.6. The van der Waals surface area contributed by atoms with Crippen LogP contribution in [-0.4, -0.2) is 39.0 Å². The zero-order valence-electron chi connectivity index (χ0n) is 33.0. The molecule has 52 heavy (non-hydrogen) atoms. The zero-order valence-corrected chi connectivity index (χ0v) is 40.3. The van der Waals surface area contributed by atoms with Crippen LogP contribution in [0.3, 0.4) is 0 Å². The predicted molar refractivity (Wildman–Crippen MR) is 251 cm³/mol. The standard InChI is InChI=1S/C21H26N2.C18H33P.C7H6.2HI.Ru/c1-14-9-16(3)20(17(4)10-14)22-7-8-23(13-22)21-18(5)11-15(2)12-19(21)6;1-4-10-16(11-5-1)19(17-12-6-2-7-13-17)18-14-8-3-9-15-18;1-7-5-3-2-4-6-7;;;/h9-12H,7-8H2,1-6H3;16-18H,1-15H2;1-6H;2*1H;. The number of nitrogens with zero attached hydrogens (tertiary/aromatic N) is 2. The zero-order chi connectivity index (χ0) is 35.0. The fourth-order valence-electron chi connectivity index (χ4n) is 9.89. The van der Waals surface area contributed by atoms with E-state index >= 15 is 0 Å². The van der Waals surface area contributed by atoms with Crippen molar-refractivity contribution in [1.82, 2.24) is 0 Å². The van der Waals surface area contributed by atoms with Gasteiger partial charge in [-0.05, 0) is 55.5 Å². The molecule has 1 saturated heterocycles. The second-order valence-electron chi connectivity index (χ2n) is 16.0. The van der Waals surface area contributed by atoms with Crippen LogP contribution in [0.1, 0.15) is 135 Å². The van der Waals surface area contributed by atoms with Crippen molar-refractivity contribution in [2.45, 2.75) is 155 Å². The summed E-state index contributed by atoms with van der Waals surface area (Å²) in [5, 5.41) is 0. The molecule has 3 aromatic rings. The van der Waals surface area contributed by atoms with Crippen LogP contribution in [0.2, 0.25) is 0 Å². The maximum absolute atomic E-state index is 2.60. The minimum absolute atomic E-state index is 0. The third-order valence-corrected chi connectivity index (χ3v) is 18.1. The second kappa shape index (κ2) is 21.7. The Kier molecular flexibility index (Phi) is 18.5. The Hall–Kier alpha value is -0.487. The Morgan fingerprint density at radius 3 is 1.21 bits per heavy atom. The molecule has 2 nitrogen and oxygen atoms in total. The molecule has 0 radical (unpaired) electrons. The molecule has 0 N–H and O–H groups in total. The second-order valence-corrected chi connectivity index (χ2v) is 20.9. The van der Waals surface area contributed by atoms with Crippen LogP contribution in [0, 0.1) is 41.5 Å². The first-order valence-corrected chi connectivity index (χ1v) is 23.6. The number of rotatable bonds is 6. The molecular weight excluding hydrogens is 966 g/mol. The maximum Gasteiger partial charge on any atom is -0.107 e. The first kappa shape index (κ1) is 44.2. The van der Waals surface area contributed by atoms with Crippen molar-refractivity contribution in [3.63, 3.8) is 0 Å². The van der Waals surface area contributed by atoms with E-state index in [4.69, 9.17) is 0 Å². The summed E-state index contributed by atoms with van der Waals surface area (Å²) in [5.41, 5.74) is 15.8. The van der Waals surface area contributed by atoms with Crippen LogP contribution in [0.15, 0.2) is 54.6 Å². The number of hydrogen-bond acceptors (Lipinski definition) is 2. The van der Waals surface area contributed by atoms with Crippen molar-refractivity contribution >= 4 is 76.2 Å². The van der Waals surface area contributed by atoms with E-state index in [0.717, 1.165) is 13.1 Å². The van der Waals surface area contributed by atoms with Crippen molar-refractivity contribution in [3.8, 4) is 0 Å². The molecule has 0 spiro atoms. The van der Waals surface area contributed by atoms with Gasteiger partial charge in [0.15, 0.2) is 0 Å². The van der Waals surface area contributed by atoms with Crippen molar-refractivity contribution in [1.29, 1.82) is 0 Å². The summed E-state index contributed by atoms with van der Waals surface area (Å²) >= 11 is -0.0911. The molecular formula is C46H67I2N2PRu. The molecule has 0 unspecified atom stereocenters. The third kappa shape index (κ3) is 11.3. The summed E-state index contributed by atoms with van der Waals surface area (Å²) in [4.78, 5) is 5.20. The Morgan fingerprint density at radius 2 is 0.865 bits per heavy atom. The molecule has 3 saturated carbocycles. The summed E-state index contributed by atoms with van der Waals surface area (Å²) < 4.78 is 3.91. The topological polar surface area (TPSA) is 6.48 Å². The summed E-state index contributed by atoms with van der Waals surface area (Å²) in [6.45, 7) is 15.5. The van der Waals surface area contributed by atoms with E-state index in [1.54, 1.807) is 77.0 Å². The molecule has 3 aliphatic carbocycles. The largest absolute Gasteiger partial charge is 0.107 e. The van der Waals surface area contributed by atoms with Crippen molar-refractivity contribution < 1.29 is 16.2 Å². The average Bonchev–Trinajstić information content (AvgIpc) is 3.51. The molecule has 4 fully saturated rings. The monoisotopic (exact) mass is 1030 g/mol. The van der Waals surface area contributed by atoms with Crippen LogP contribution in [0.5, 0.6) is 0 Å². The number of benzene rings is 3. The quantitative estimate of drug-likeness (QED) is 0.138. The van der Waals surface area contributed by atoms with Gasteiger partial charge in [-0.2, -0.15) is 0 Å². The molecule has 3 aromatic carbocycles. The molecule has 1 heterocycles. The van der Waals surface area contributed by atoms with E-state index < -0.39 is 0 Å². The van der Waals surface area contributed by atoms with Crippen LogP contribution >= 0.6 is 55.9 Å². The third-order valence-electron chi connectivity index (χ3n) is 11.8. The Labute approximate surface area is 360 Å². The molecule has 7 rings (SSSR count). The van der Waals surface area contributed by atoms with Gasteiger partial charge in [-0.1, -0.05) is 65.7 Å². The van der Waals surface area contributed by atoms with E-state index in [9.17, 15) is 0 Å². The van der Waals surface area contributed by atoms with Crippen molar-refractivity contribution in [2.75, 3.05) is 22.9 Å². The summed E-state index contributed by atoms with van der Waals surface area (Å²) in [6, 6.07) is 20.1. The van der Waals surface area contributed by atoms with Crippen molar-refractivity contribution in [2.24, 2.45) is 0 Å². The molecule has 0 atom stereocenters. The van der Waals surface area contributed by atoms with E-state index in [1.807, 2.05) is 0 Å². The van der Waals surface area contributed by atoms with Gasteiger partial charge >= 0.3 is 195 Å². The van der Waals surface area contributed by atoms with E-state index in [2.05, 4.69) is 111 Å². The summed E-state index contributed by atoms with van der Waals surface area (Å²) in [7, 11) is 0.385. The van der Waals surface area contributed by atoms with Gasteiger partial charge in [-0.3, -0.25) is 0 Å². The Bertz CT molecular complexity index is 1480. The van der Waals surface area contributed by atoms with Gasteiger partial charge in [-0.15, -0.1) is 48.0 Å². The fraction of sp³-hybridized carbons (Fsp3) is 0.565. The molecule has 0 aromatic heterocycles. The predicted octanol–water partition coefficient (Wildman–Crippen LogP) is 13.6. The SMILES string of the molecule is C1CCC(P(C2CCCCC2)C2CCCCC2)CC1.Cc1cc(C)c(N2CCN(c3c(C)cc(C)cc3C)[C]2=[Ru]=[CH]c2ccccc2)c(C)c1.I.I. The average molecular weight is 1030 g/mol.